The van der Waals surface area contributed by atoms with Crippen molar-refractivity contribution >= 4 is 0 Å². The third kappa shape index (κ3) is 3.37. The van der Waals surface area contributed by atoms with E-state index in [0.717, 1.165) is 11.8 Å². The minimum Gasteiger partial charge on any atom is -0.0654 e. The third-order valence-corrected chi connectivity index (χ3v) is 4.62. The second-order valence-electron chi connectivity index (χ2n) is 6.33. The summed E-state index contributed by atoms with van der Waals surface area (Å²) in [7, 11) is 0. The highest BCUT2D eigenvalue weighted by atomic mass is 14.3. The highest BCUT2D eigenvalue weighted by molar-refractivity contribution is 5.27. The van der Waals surface area contributed by atoms with E-state index < -0.39 is 0 Å². The van der Waals surface area contributed by atoms with Crippen LogP contribution in [0.1, 0.15) is 82.3 Å². The van der Waals surface area contributed by atoms with Crippen molar-refractivity contribution in [3.05, 3.63) is 35.4 Å². The molecule has 0 spiro atoms. The SMILES string of the molecule is CCCC1CCC(c2ccc(C(C)C)cc2)CC1. The maximum Gasteiger partial charge on any atom is -0.0162 e. The smallest absolute Gasteiger partial charge is 0.0162 e. The fourth-order valence-electron chi connectivity index (χ4n) is 3.35. The molecule has 1 saturated carbocycles. The molecule has 0 radical (unpaired) electrons. The zero-order valence-electron chi connectivity index (χ0n) is 12.3. The molecule has 0 nitrogen and oxygen atoms in total. The standard InChI is InChI=1S/C18H28/c1-4-5-15-6-8-17(9-7-15)18-12-10-16(11-13-18)14(2)3/h10-15,17H,4-9H2,1-3H3. The van der Waals surface area contributed by atoms with Gasteiger partial charge in [0.15, 0.2) is 0 Å². The van der Waals surface area contributed by atoms with Gasteiger partial charge in [-0.3, -0.25) is 0 Å². The van der Waals surface area contributed by atoms with Gasteiger partial charge in [0.2, 0.25) is 0 Å². The molecule has 0 heterocycles. The molecule has 18 heavy (non-hydrogen) atoms. The third-order valence-electron chi connectivity index (χ3n) is 4.62. The van der Waals surface area contributed by atoms with Crippen molar-refractivity contribution in [3.63, 3.8) is 0 Å². The quantitative estimate of drug-likeness (QED) is 0.620. The lowest BCUT2D eigenvalue weighted by molar-refractivity contribution is 0.308. The lowest BCUT2D eigenvalue weighted by Gasteiger charge is -2.28. The van der Waals surface area contributed by atoms with Gasteiger partial charge in [0.1, 0.15) is 0 Å². The van der Waals surface area contributed by atoms with Crippen LogP contribution >= 0.6 is 0 Å². The van der Waals surface area contributed by atoms with Crippen LogP contribution in [0.15, 0.2) is 24.3 Å². The van der Waals surface area contributed by atoms with Gasteiger partial charge in [-0.2, -0.15) is 0 Å². The van der Waals surface area contributed by atoms with Gasteiger partial charge in [0, 0.05) is 0 Å². The Morgan fingerprint density at radius 2 is 1.61 bits per heavy atom. The van der Waals surface area contributed by atoms with E-state index in [4.69, 9.17) is 0 Å². The largest absolute Gasteiger partial charge is 0.0654 e. The van der Waals surface area contributed by atoms with Crippen molar-refractivity contribution in [2.75, 3.05) is 0 Å². The molecule has 0 heteroatoms. The molecule has 0 aromatic heterocycles. The summed E-state index contributed by atoms with van der Waals surface area (Å²) in [6, 6.07) is 9.41. The van der Waals surface area contributed by atoms with Crippen LogP contribution in [-0.2, 0) is 0 Å². The van der Waals surface area contributed by atoms with Crippen molar-refractivity contribution in [2.24, 2.45) is 5.92 Å². The number of hydrogen-bond acceptors (Lipinski definition) is 0. The van der Waals surface area contributed by atoms with Gasteiger partial charge in [-0.1, -0.05) is 57.9 Å². The minimum atomic E-state index is 0.652. The van der Waals surface area contributed by atoms with E-state index in [1.807, 2.05) is 0 Å². The second kappa shape index (κ2) is 6.41. The Bertz CT molecular complexity index is 339. The molecule has 1 aliphatic rings. The monoisotopic (exact) mass is 244 g/mol. The van der Waals surface area contributed by atoms with Gasteiger partial charge in [0.25, 0.3) is 0 Å². The normalized spacial score (nSPS) is 24.4. The lowest BCUT2D eigenvalue weighted by atomic mass is 9.77. The molecule has 0 unspecified atom stereocenters. The average molecular weight is 244 g/mol. The molecule has 1 aromatic rings. The Labute approximate surface area is 113 Å². The molecular weight excluding hydrogens is 216 g/mol. The number of benzene rings is 1. The topological polar surface area (TPSA) is 0 Å². The maximum atomic E-state index is 2.38. The summed E-state index contributed by atoms with van der Waals surface area (Å²) in [5.41, 5.74) is 3.05. The summed E-state index contributed by atoms with van der Waals surface area (Å²) >= 11 is 0. The summed E-state index contributed by atoms with van der Waals surface area (Å²) < 4.78 is 0. The predicted molar refractivity (Wildman–Crippen MR) is 80.1 cm³/mol. The molecule has 1 aromatic carbocycles. The molecule has 100 valence electrons. The molecular formula is C18H28. The number of rotatable bonds is 4. The van der Waals surface area contributed by atoms with Crippen LogP contribution in [0.4, 0.5) is 0 Å². The van der Waals surface area contributed by atoms with Crippen molar-refractivity contribution in [3.8, 4) is 0 Å². The molecule has 0 saturated heterocycles. The van der Waals surface area contributed by atoms with Crippen LogP contribution in [0.3, 0.4) is 0 Å². The van der Waals surface area contributed by atoms with E-state index in [1.54, 1.807) is 5.56 Å². The van der Waals surface area contributed by atoms with Crippen LogP contribution in [0, 0.1) is 5.92 Å². The van der Waals surface area contributed by atoms with Gasteiger partial charge in [-0.05, 0) is 54.6 Å². The molecule has 2 rings (SSSR count). The van der Waals surface area contributed by atoms with Crippen LogP contribution < -0.4 is 0 Å². The first-order valence-electron chi connectivity index (χ1n) is 7.80. The van der Waals surface area contributed by atoms with Crippen molar-refractivity contribution in [1.82, 2.24) is 0 Å². The Morgan fingerprint density at radius 1 is 1.00 bits per heavy atom. The molecule has 0 amide bonds. The number of hydrogen-bond donors (Lipinski definition) is 0. The first-order chi connectivity index (χ1) is 8.70. The van der Waals surface area contributed by atoms with Crippen molar-refractivity contribution in [1.29, 1.82) is 0 Å². The van der Waals surface area contributed by atoms with Crippen LogP contribution in [0.2, 0.25) is 0 Å². The predicted octanol–water partition coefficient (Wildman–Crippen LogP) is 5.88. The Kier molecular flexibility index (Phi) is 4.86. The van der Waals surface area contributed by atoms with Crippen LogP contribution in [-0.4, -0.2) is 0 Å². The molecule has 0 atom stereocenters. The maximum absolute atomic E-state index is 2.38. The fraction of sp³-hybridized carbons (Fsp3) is 0.667. The molecule has 1 fully saturated rings. The van der Waals surface area contributed by atoms with E-state index in [1.165, 1.54) is 44.1 Å². The summed E-state index contributed by atoms with van der Waals surface area (Å²) in [5, 5.41) is 0. The Hall–Kier alpha value is -0.780. The molecule has 0 N–H and O–H groups in total. The molecule has 1 aliphatic carbocycles. The zero-order valence-corrected chi connectivity index (χ0v) is 12.3. The summed E-state index contributed by atoms with van der Waals surface area (Å²) in [4.78, 5) is 0. The van der Waals surface area contributed by atoms with Gasteiger partial charge >= 0.3 is 0 Å². The van der Waals surface area contributed by atoms with Crippen molar-refractivity contribution in [2.45, 2.75) is 71.1 Å². The molecule has 0 bridgehead atoms. The second-order valence-corrected chi connectivity index (χ2v) is 6.33. The van der Waals surface area contributed by atoms with Gasteiger partial charge in [-0.15, -0.1) is 0 Å². The van der Waals surface area contributed by atoms with E-state index >= 15 is 0 Å². The van der Waals surface area contributed by atoms with Gasteiger partial charge in [0.05, 0.1) is 0 Å². The summed E-state index contributed by atoms with van der Waals surface area (Å²) in [5.74, 6) is 2.50. The van der Waals surface area contributed by atoms with Gasteiger partial charge in [-0.25, -0.2) is 0 Å². The van der Waals surface area contributed by atoms with E-state index in [9.17, 15) is 0 Å². The Balaban J connectivity index is 1.93. The van der Waals surface area contributed by atoms with E-state index in [2.05, 4.69) is 45.0 Å². The first-order valence-corrected chi connectivity index (χ1v) is 7.80. The highest BCUT2D eigenvalue weighted by Crippen LogP contribution is 2.37. The zero-order chi connectivity index (χ0) is 13.0. The van der Waals surface area contributed by atoms with Crippen LogP contribution in [0.5, 0.6) is 0 Å². The Morgan fingerprint density at radius 3 is 2.11 bits per heavy atom. The fourth-order valence-corrected chi connectivity index (χ4v) is 3.35. The van der Waals surface area contributed by atoms with E-state index in [0.29, 0.717) is 5.92 Å². The lowest BCUT2D eigenvalue weighted by Crippen LogP contribution is -2.13. The van der Waals surface area contributed by atoms with Gasteiger partial charge < -0.3 is 0 Å². The average Bonchev–Trinajstić information content (AvgIpc) is 2.40. The van der Waals surface area contributed by atoms with Crippen LogP contribution in [0.25, 0.3) is 0 Å². The summed E-state index contributed by atoms with van der Waals surface area (Å²) in [6.45, 7) is 6.85. The van der Waals surface area contributed by atoms with E-state index in [-0.39, 0.29) is 0 Å². The molecule has 0 aliphatic heterocycles. The summed E-state index contributed by atoms with van der Waals surface area (Å²) in [6.07, 6.45) is 8.52. The minimum absolute atomic E-state index is 0.652. The highest BCUT2D eigenvalue weighted by Gasteiger charge is 2.21. The first kappa shape index (κ1) is 13.6. The van der Waals surface area contributed by atoms with Crippen molar-refractivity contribution < 1.29 is 0 Å².